The largest absolute Gasteiger partial charge is 0.457 e. The van der Waals surface area contributed by atoms with Crippen molar-refractivity contribution in [1.29, 1.82) is 0 Å². The number of urea groups is 2. The monoisotopic (exact) mass is 646 g/mol. The zero-order valence-electron chi connectivity index (χ0n) is 27.4. The van der Waals surface area contributed by atoms with Crippen molar-refractivity contribution in [2.75, 3.05) is 10.6 Å². The fraction of sp³-hybridized carbons (Fsp3) is 0.194. The van der Waals surface area contributed by atoms with Crippen LogP contribution in [0.25, 0.3) is 16.5 Å². The van der Waals surface area contributed by atoms with Crippen LogP contribution in [-0.2, 0) is 12.0 Å². The molecule has 0 radical (unpaired) electrons. The van der Waals surface area contributed by atoms with Crippen LogP contribution in [0.5, 0.6) is 11.5 Å². The lowest BCUT2D eigenvalue weighted by molar-refractivity contribution is 0.247. The average molecular weight is 647 g/mol. The summed E-state index contributed by atoms with van der Waals surface area (Å²) < 4.78 is 12.6. The maximum atomic E-state index is 13.2. The van der Waals surface area contributed by atoms with Gasteiger partial charge in [-0.25, -0.2) is 14.3 Å². The van der Waals surface area contributed by atoms with Crippen LogP contribution in [0.15, 0.2) is 102 Å². The van der Waals surface area contributed by atoms with Gasteiger partial charge in [-0.2, -0.15) is 5.10 Å². The number of nitrogens with zero attached hydrogens (tertiary/aromatic N) is 4. The van der Waals surface area contributed by atoms with E-state index in [4.69, 9.17) is 20.1 Å². The number of nitrogens with one attached hydrogen (secondary N) is 3. The summed E-state index contributed by atoms with van der Waals surface area (Å²) in [5, 5.41) is 18.6. The van der Waals surface area contributed by atoms with Crippen molar-refractivity contribution < 1.29 is 18.8 Å². The maximum absolute atomic E-state index is 13.2. The number of anilines is 2. The van der Waals surface area contributed by atoms with Crippen molar-refractivity contribution in [3.63, 3.8) is 0 Å². The number of amides is 4. The molecule has 6 rings (SSSR count). The molecule has 48 heavy (non-hydrogen) atoms. The second kappa shape index (κ2) is 14.5. The number of hydrogen-bond donors (Lipinski definition) is 4. The van der Waals surface area contributed by atoms with E-state index in [1.807, 2.05) is 73.7 Å². The first-order valence-electron chi connectivity index (χ1n) is 15.3. The van der Waals surface area contributed by atoms with E-state index in [1.165, 1.54) is 0 Å². The minimum atomic E-state index is -0.570. The summed E-state index contributed by atoms with van der Waals surface area (Å²) >= 11 is 0. The van der Waals surface area contributed by atoms with Gasteiger partial charge in [-0.1, -0.05) is 67.9 Å². The van der Waals surface area contributed by atoms with Gasteiger partial charge in [0.15, 0.2) is 5.76 Å². The first-order valence-corrected chi connectivity index (χ1v) is 15.3. The van der Waals surface area contributed by atoms with E-state index < -0.39 is 6.03 Å². The number of nitrogens with two attached hydrogens (primary N) is 1. The lowest BCUT2D eigenvalue weighted by atomic mass is 9.92. The zero-order valence-corrected chi connectivity index (χ0v) is 27.4. The molecule has 12 heteroatoms. The van der Waals surface area contributed by atoms with Crippen LogP contribution in [0.1, 0.15) is 43.5 Å². The van der Waals surface area contributed by atoms with Crippen molar-refractivity contribution in [1.82, 2.24) is 25.2 Å². The highest BCUT2D eigenvalue weighted by molar-refractivity contribution is 6.07. The number of primary amides is 1. The molecule has 0 saturated heterocycles. The van der Waals surface area contributed by atoms with Gasteiger partial charge in [0.1, 0.15) is 17.3 Å². The molecule has 0 unspecified atom stereocenters. The summed E-state index contributed by atoms with van der Waals surface area (Å²) in [7, 11) is 0. The fourth-order valence-electron chi connectivity index (χ4n) is 4.67. The SMILES string of the molecule is Cc1cc(CNC(N)=O)on1.Cc1ccc(-n2nc(C(C)(C)C)cc2NC(=O)Nc2ccc(Oc3ccncc3)c3ccccc23)cc1. The Morgan fingerprint density at radius 2 is 1.60 bits per heavy atom. The Morgan fingerprint density at radius 3 is 2.25 bits per heavy atom. The summed E-state index contributed by atoms with van der Waals surface area (Å²) in [5.41, 5.74) is 9.03. The molecule has 3 aromatic carbocycles. The third-order valence-corrected chi connectivity index (χ3v) is 7.12. The summed E-state index contributed by atoms with van der Waals surface area (Å²) in [6.45, 7) is 10.4. The van der Waals surface area contributed by atoms with Crippen LogP contribution in [0.3, 0.4) is 0 Å². The number of fused-ring (bicyclic) bond motifs is 1. The third kappa shape index (κ3) is 8.55. The first-order chi connectivity index (χ1) is 23.0. The molecule has 246 valence electrons. The smallest absolute Gasteiger partial charge is 0.324 e. The van der Waals surface area contributed by atoms with Crippen LogP contribution in [0.4, 0.5) is 21.1 Å². The van der Waals surface area contributed by atoms with Crippen molar-refractivity contribution >= 4 is 34.3 Å². The highest BCUT2D eigenvalue weighted by Crippen LogP contribution is 2.34. The number of aryl methyl sites for hydroxylation is 2. The predicted molar refractivity (Wildman–Crippen MR) is 186 cm³/mol. The lowest BCUT2D eigenvalue weighted by Gasteiger charge is -2.14. The van der Waals surface area contributed by atoms with E-state index in [0.29, 0.717) is 28.8 Å². The minimum Gasteiger partial charge on any atom is -0.457 e. The second-order valence-electron chi connectivity index (χ2n) is 12.1. The number of benzene rings is 3. The highest BCUT2D eigenvalue weighted by atomic mass is 16.5. The summed E-state index contributed by atoms with van der Waals surface area (Å²) in [6.07, 6.45) is 3.37. The molecule has 4 amide bonds. The van der Waals surface area contributed by atoms with E-state index in [-0.39, 0.29) is 18.0 Å². The maximum Gasteiger partial charge on any atom is 0.324 e. The molecule has 0 spiro atoms. The molecule has 0 aliphatic rings. The zero-order chi connectivity index (χ0) is 34.3. The number of rotatable bonds is 7. The molecular weight excluding hydrogens is 608 g/mol. The summed E-state index contributed by atoms with van der Waals surface area (Å²) in [6, 6.07) is 25.9. The van der Waals surface area contributed by atoms with Gasteiger partial charge in [0.2, 0.25) is 0 Å². The first kappa shape index (κ1) is 33.2. The van der Waals surface area contributed by atoms with Crippen molar-refractivity contribution in [2.24, 2.45) is 5.73 Å². The lowest BCUT2D eigenvalue weighted by Crippen LogP contribution is -2.28. The van der Waals surface area contributed by atoms with E-state index in [0.717, 1.165) is 33.4 Å². The summed E-state index contributed by atoms with van der Waals surface area (Å²) in [5.74, 6) is 2.58. The number of hydrogen-bond acceptors (Lipinski definition) is 7. The Hall–Kier alpha value is -6.17. The van der Waals surface area contributed by atoms with Gasteiger partial charge in [-0.05, 0) is 50.2 Å². The van der Waals surface area contributed by atoms with Crippen molar-refractivity contribution in [2.45, 2.75) is 46.6 Å². The van der Waals surface area contributed by atoms with Gasteiger partial charge in [-0.3, -0.25) is 10.3 Å². The molecule has 6 aromatic rings. The van der Waals surface area contributed by atoms with Gasteiger partial charge in [0.05, 0.1) is 29.3 Å². The van der Waals surface area contributed by atoms with Crippen LogP contribution in [-0.4, -0.2) is 32.0 Å². The molecule has 5 N–H and O–H groups in total. The number of pyridine rings is 1. The predicted octanol–water partition coefficient (Wildman–Crippen LogP) is 7.61. The minimum absolute atomic E-state index is 0.177. The molecule has 3 aromatic heterocycles. The van der Waals surface area contributed by atoms with Crippen molar-refractivity contribution in [3.05, 3.63) is 120 Å². The van der Waals surface area contributed by atoms with Gasteiger partial charge in [-0.15, -0.1) is 0 Å². The average Bonchev–Trinajstić information content (AvgIpc) is 3.68. The Kier molecular flexibility index (Phi) is 10.0. The van der Waals surface area contributed by atoms with Crippen LogP contribution in [0.2, 0.25) is 0 Å². The Bertz CT molecular complexity index is 2010. The Balaban J connectivity index is 0.000000349. The number of aromatic nitrogens is 4. The van der Waals surface area contributed by atoms with E-state index in [1.54, 1.807) is 42.2 Å². The summed E-state index contributed by atoms with van der Waals surface area (Å²) in [4.78, 5) is 27.5. The number of carbonyl (C=O) groups is 2. The second-order valence-corrected chi connectivity index (χ2v) is 12.1. The highest BCUT2D eigenvalue weighted by Gasteiger charge is 2.22. The molecule has 0 fully saturated rings. The molecule has 0 atom stereocenters. The molecule has 12 nitrogen and oxygen atoms in total. The third-order valence-electron chi connectivity index (χ3n) is 7.12. The van der Waals surface area contributed by atoms with Crippen molar-refractivity contribution in [3.8, 4) is 17.2 Å². The molecular formula is C36H38N8O4. The molecule has 0 aliphatic carbocycles. The van der Waals surface area contributed by atoms with Gasteiger partial charge >= 0.3 is 12.1 Å². The molecule has 0 saturated carbocycles. The van der Waals surface area contributed by atoms with E-state index >= 15 is 0 Å². The van der Waals surface area contributed by atoms with Gasteiger partial charge in [0.25, 0.3) is 0 Å². The normalized spacial score (nSPS) is 10.9. The van der Waals surface area contributed by atoms with E-state index in [2.05, 4.69) is 46.9 Å². The Morgan fingerprint density at radius 1 is 0.896 bits per heavy atom. The molecule has 3 heterocycles. The number of carbonyl (C=O) groups excluding carboxylic acids is 2. The standard InChI is InChI=1S/C30H29N5O2.C6H9N3O2/c1-20-9-11-21(12-10-20)35-28(19-27(34-35)30(2,3)4)33-29(36)32-25-13-14-26(24-8-6-5-7-23(24)25)37-22-15-17-31-18-16-22;1-4-2-5(11-9-4)3-8-6(7)10/h5-19H,1-4H3,(H2,32,33,36);2H,3H2,1H3,(H3,7,8,10). The molecule has 0 aliphatic heterocycles. The van der Waals surface area contributed by atoms with Crippen LogP contribution >= 0.6 is 0 Å². The number of ether oxygens (including phenoxy) is 1. The van der Waals surface area contributed by atoms with Crippen LogP contribution < -0.4 is 26.4 Å². The van der Waals surface area contributed by atoms with E-state index in [9.17, 15) is 9.59 Å². The van der Waals surface area contributed by atoms with Crippen LogP contribution in [0, 0.1) is 13.8 Å². The molecule has 0 bridgehead atoms. The van der Waals surface area contributed by atoms with Gasteiger partial charge < -0.3 is 25.6 Å². The topological polar surface area (TPSA) is 162 Å². The van der Waals surface area contributed by atoms with Gasteiger partial charge in [0, 0.05) is 40.7 Å². The fourth-order valence-corrected chi connectivity index (χ4v) is 4.67. The quantitative estimate of drug-likeness (QED) is 0.139. The Labute approximate surface area is 278 Å².